The number of ether oxygens (including phenoxy) is 4. The third-order valence-corrected chi connectivity index (χ3v) is 6.32. The first kappa shape index (κ1) is 24.2. The van der Waals surface area contributed by atoms with Gasteiger partial charge in [-0.05, 0) is 55.3 Å². The van der Waals surface area contributed by atoms with Crippen LogP contribution in [0.25, 0.3) is 0 Å². The standard InChI is InChI=1S/C27H23BrN2O5/c1-15-5-4-6-22(16(15)2)33-14-25(31)34-18-8-9-19-24(12-18)35-27(30)21(13-29)26(19)20-11-17(28)7-10-23(20)32-3/h4-12,26H,14,30H2,1-3H3. The van der Waals surface area contributed by atoms with E-state index in [0.717, 1.165) is 21.2 Å². The van der Waals surface area contributed by atoms with Gasteiger partial charge in [0, 0.05) is 21.7 Å². The zero-order valence-corrected chi connectivity index (χ0v) is 21.0. The van der Waals surface area contributed by atoms with Crippen molar-refractivity contribution in [2.45, 2.75) is 19.8 Å². The molecule has 3 aromatic rings. The first-order chi connectivity index (χ1) is 16.8. The lowest BCUT2D eigenvalue weighted by molar-refractivity contribution is -0.136. The number of esters is 1. The van der Waals surface area contributed by atoms with Crippen LogP contribution < -0.4 is 24.7 Å². The van der Waals surface area contributed by atoms with E-state index in [2.05, 4.69) is 22.0 Å². The number of benzene rings is 3. The summed E-state index contributed by atoms with van der Waals surface area (Å²) in [5, 5.41) is 9.81. The summed E-state index contributed by atoms with van der Waals surface area (Å²) in [4.78, 5) is 12.4. The molecule has 8 heteroatoms. The number of rotatable bonds is 6. The Bertz CT molecular complexity index is 1380. The minimum Gasteiger partial charge on any atom is -0.496 e. The molecule has 7 nitrogen and oxygen atoms in total. The molecule has 1 aliphatic heterocycles. The second-order valence-corrected chi connectivity index (χ2v) is 8.89. The van der Waals surface area contributed by atoms with Crippen molar-refractivity contribution in [3.63, 3.8) is 0 Å². The van der Waals surface area contributed by atoms with E-state index in [-0.39, 0.29) is 23.8 Å². The lowest BCUT2D eigenvalue weighted by Crippen LogP contribution is -2.22. The number of allylic oxidation sites excluding steroid dienone is 1. The van der Waals surface area contributed by atoms with Crippen LogP contribution >= 0.6 is 15.9 Å². The fourth-order valence-corrected chi connectivity index (χ4v) is 4.31. The van der Waals surface area contributed by atoms with E-state index in [1.54, 1.807) is 31.4 Å². The number of nitrogens with zero attached hydrogens (tertiary/aromatic N) is 1. The lowest BCUT2D eigenvalue weighted by atomic mass is 9.83. The van der Waals surface area contributed by atoms with Gasteiger partial charge in [-0.15, -0.1) is 0 Å². The van der Waals surface area contributed by atoms with Crippen molar-refractivity contribution in [2.24, 2.45) is 5.73 Å². The molecule has 0 aromatic heterocycles. The number of nitrogens with two attached hydrogens (primary N) is 1. The van der Waals surface area contributed by atoms with Crippen LogP contribution in [0.2, 0.25) is 0 Å². The summed E-state index contributed by atoms with van der Waals surface area (Å²) in [6.45, 7) is 3.66. The van der Waals surface area contributed by atoms with Crippen molar-refractivity contribution in [2.75, 3.05) is 13.7 Å². The molecule has 1 heterocycles. The highest BCUT2D eigenvalue weighted by molar-refractivity contribution is 9.10. The fraction of sp³-hybridized carbons (Fsp3) is 0.185. The molecule has 0 fully saturated rings. The van der Waals surface area contributed by atoms with Crippen LogP contribution in [0.3, 0.4) is 0 Å². The number of fused-ring (bicyclic) bond motifs is 1. The first-order valence-electron chi connectivity index (χ1n) is 10.8. The molecule has 1 atom stereocenters. The Balaban J connectivity index is 1.59. The average molecular weight is 535 g/mol. The molecule has 1 aliphatic rings. The quantitative estimate of drug-likeness (QED) is 0.339. The summed E-state index contributed by atoms with van der Waals surface area (Å²) >= 11 is 3.48. The van der Waals surface area contributed by atoms with E-state index in [9.17, 15) is 10.1 Å². The zero-order chi connectivity index (χ0) is 25.1. The number of carbonyl (C=O) groups excluding carboxylic acids is 1. The smallest absolute Gasteiger partial charge is 0.349 e. The number of nitriles is 1. The number of methoxy groups -OCH3 is 1. The van der Waals surface area contributed by atoms with Gasteiger partial charge in [0.1, 0.15) is 34.6 Å². The summed E-state index contributed by atoms with van der Waals surface area (Å²) < 4.78 is 23.2. The van der Waals surface area contributed by atoms with E-state index in [0.29, 0.717) is 22.8 Å². The maximum absolute atomic E-state index is 12.4. The van der Waals surface area contributed by atoms with Crippen LogP contribution in [0.5, 0.6) is 23.0 Å². The summed E-state index contributed by atoms with van der Waals surface area (Å²) in [5.41, 5.74) is 9.85. The molecule has 178 valence electrons. The van der Waals surface area contributed by atoms with E-state index in [1.165, 1.54) is 0 Å². The Morgan fingerprint density at radius 3 is 2.66 bits per heavy atom. The molecule has 0 spiro atoms. The Kier molecular flexibility index (Phi) is 6.99. The molecule has 0 aliphatic carbocycles. The summed E-state index contributed by atoms with van der Waals surface area (Å²) in [6, 6.07) is 18.3. The van der Waals surface area contributed by atoms with Crippen LogP contribution in [-0.4, -0.2) is 19.7 Å². The number of hydrogen-bond donors (Lipinski definition) is 1. The molecule has 0 bridgehead atoms. The third kappa shape index (κ3) is 4.96. The molecule has 0 radical (unpaired) electrons. The van der Waals surface area contributed by atoms with Crippen molar-refractivity contribution in [1.29, 1.82) is 5.26 Å². The molecule has 35 heavy (non-hydrogen) atoms. The van der Waals surface area contributed by atoms with Crippen molar-refractivity contribution in [3.8, 4) is 29.1 Å². The maximum Gasteiger partial charge on any atom is 0.349 e. The van der Waals surface area contributed by atoms with Crippen LogP contribution in [0.15, 0.2) is 70.5 Å². The van der Waals surface area contributed by atoms with E-state index in [4.69, 9.17) is 24.7 Å². The zero-order valence-electron chi connectivity index (χ0n) is 19.4. The second-order valence-electron chi connectivity index (χ2n) is 7.97. The molecular weight excluding hydrogens is 512 g/mol. The van der Waals surface area contributed by atoms with Gasteiger partial charge >= 0.3 is 5.97 Å². The molecule has 1 unspecified atom stereocenters. The Morgan fingerprint density at radius 1 is 1.11 bits per heavy atom. The largest absolute Gasteiger partial charge is 0.496 e. The predicted octanol–water partition coefficient (Wildman–Crippen LogP) is 5.28. The highest BCUT2D eigenvalue weighted by Crippen LogP contribution is 2.46. The second kappa shape index (κ2) is 10.1. The van der Waals surface area contributed by atoms with Crippen molar-refractivity contribution >= 4 is 21.9 Å². The molecule has 3 aromatic carbocycles. The van der Waals surface area contributed by atoms with Crippen LogP contribution in [-0.2, 0) is 4.79 Å². The minimum absolute atomic E-state index is 0.0197. The number of halogens is 1. The first-order valence-corrected chi connectivity index (χ1v) is 11.6. The summed E-state index contributed by atoms with van der Waals surface area (Å²) in [7, 11) is 1.56. The van der Waals surface area contributed by atoms with Gasteiger partial charge in [0.15, 0.2) is 6.61 Å². The van der Waals surface area contributed by atoms with E-state index in [1.807, 2.05) is 44.2 Å². The molecule has 4 rings (SSSR count). The van der Waals surface area contributed by atoms with Gasteiger partial charge in [-0.3, -0.25) is 0 Å². The normalized spacial score (nSPS) is 14.4. The van der Waals surface area contributed by atoms with Crippen LogP contribution in [0.4, 0.5) is 0 Å². The number of carbonyl (C=O) groups is 1. The predicted molar refractivity (Wildman–Crippen MR) is 133 cm³/mol. The van der Waals surface area contributed by atoms with Crippen LogP contribution in [0.1, 0.15) is 28.2 Å². The van der Waals surface area contributed by atoms with Gasteiger partial charge in [0.2, 0.25) is 5.88 Å². The van der Waals surface area contributed by atoms with Gasteiger partial charge in [0.25, 0.3) is 0 Å². The van der Waals surface area contributed by atoms with Gasteiger partial charge in [-0.25, -0.2) is 4.79 Å². The molecular formula is C27H23BrN2O5. The Morgan fingerprint density at radius 2 is 1.91 bits per heavy atom. The van der Waals surface area contributed by atoms with Gasteiger partial charge in [0.05, 0.1) is 13.0 Å². The molecule has 0 saturated heterocycles. The Labute approximate surface area is 211 Å². The topological polar surface area (TPSA) is 104 Å². The third-order valence-electron chi connectivity index (χ3n) is 5.83. The monoisotopic (exact) mass is 534 g/mol. The minimum atomic E-state index is -0.562. The summed E-state index contributed by atoms with van der Waals surface area (Å²) in [6.07, 6.45) is 0. The van der Waals surface area contributed by atoms with Gasteiger partial charge in [-0.1, -0.05) is 34.1 Å². The fourth-order valence-electron chi connectivity index (χ4n) is 3.93. The SMILES string of the molecule is COc1ccc(Br)cc1C1C(C#N)=C(N)Oc2cc(OC(=O)COc3cccc(C)c3C)ccc21. The van der Waals surface area contributed by atoms with Crippen molar-refractivity contribution in [3.05, 3.63) is 92.8 Å². The maximum atomic E-state index is 12.4. The lowest BCUT2D eigenvalue weighted by Gasteiger charge is -2.27. The van der Waals surface area contributed by atoms with E-state index < -0.39 is 11.9 Å². The number of hydrogen-bond acceptors (Lipinski definition) is 7. The highest BCUT2D eigenvalue weighted by atomic mass is 79.9. The van der Waals surface area contributed by atoms with Gasteiger partial charge in [-0.2, -0.15) is 5.26 Å². The highest BCUT2D eigenvalue weighted by Gasteiger charge is 2.33. The van der Waals surface area contributed by atoms with Crippen LogP contribution in [0, 0.1) is 25.2 Å². The molecule has 0 saturated carbocycles. The van der Waals surface area contributed by atoms with Crippen molar-refractivity contribution in [1.82, 2.24) is 0 Å². The average Bonchev–Trinajstić information content (AvgIpc) is 2.84. The molecule has 2 N–H and O–H groups in total. The van der Waals surface area contributed by atoms with Crippen molar-refractivity contribution < 1.29 is 23.7 Å². The summed E-state index contributed by atoms with van der Waals surface area (Å²) in [5.74, 6) is 0.783. The van der Waals surface area contributed by atoms with Gasteiger partial charge < -0.3 is 24.7 Å². The number of aryl methyl sites for hydroxylation is 1. The van der Waals surface area contributed by atoms with E-state index >= 15 is 0 Å². The molecule has 0 amide bonds. The Hall–Kier alpha value is -3.96.